The molecule has 0 saturated heterocycles. The minimum absolute atomic E-state index is 0.0506. The maximum atomic E-state index is 12.1. The number of rotatable bonds is 3. The highest BCUT2D eigenvalue weighted by Crippen LogP contribution is 2.40. The molecule has 3 rings (SSSR count). The molecule has 1 aromatic rings. The molecular formula is C15H4NO8-3. The molecule has 2 aliphatic rings. The predicted molar refractivity (Wildman–Crippen MR) is 66.9 cm³/mol. The number of aromatic nitrogens is 1. The normalized spacial score (nSPS) is 15.8. The van der Waals surface area contributed by atoms with Crippen LogP contribution in [0, 0.1) is 0 Å². The van der Waals surface area contributed by atoms with Crippen molar-refractivity contribution in [2.24, 2.45) is 0 Å². The molecule has 9 nitrogen and oxygen atoms in total. The zero-order chi connectivity index (χ0) is 17.8. The van der Waals surface area contributed by atoms with Crippen LogP contribution in [0.5, 0.6) is 0 Å². The van der Waals surface area contributed by atoms with Crippen molar-refractivity contribution in [3.63, 3.8) is 0 Å². The number of aromatic carboxylic acids is 2. The van der Waals surface area contributed by atoms with E-state index in [-0.39, 0.29) is 28.7 Å². The maximum Gasteiger partial charge on any atom is 0.252 e. The molecule has 0 N–H and O–H groups in total. The van der Waals surface area contributed by atoms with E-state index in [4.69, 9.17) is 0 Å². The molecule has 0 unspecified atom stereocenters. The maximum absolute atomic E-state index is 12.1. The van der Waals surface area contributed by atoms with Crippen molar-refractivity contribution >= 4 is 35.0 Å². The number of pyridine rings is 1. The first kappa shape index (κ1) is 15.3. The molecule has 24 heavy (non-hydrogen) atoms. The number of nitrogens with zero attached hydrogens (tertiary/aromatic N) is 1. The summed E-state index contributed by atoms with van der Waals surface area (Å²) in [7, 11) is 0. The summed E-state index contributed by atoms with van der Waals surface area (Å²) in [6, 6.07) is 0.633. The second kappa shape index (κ2) is 4.95. The fourth-order valence-electron chi connectivity index (χ4n) is 2.67. The van der Waals surface area contributed by atoms with Crippen molar-refractivity contribution in [2.75, 3.05) is 0 Å². The number of carbonyl (C=O) groups is 5. The minimum atomic E-state index is -1.85. The van der Waals surface area contributed by atoms with E-state index in [2.05, 4.69) is 4.98 Å². The van der Waals surface area contributed by atoms with E-state index in [0.29, 0.717) is 6.07 Å². The summed E-state index contributed by atoms with van der Waals surface area (Å²) in [5.41, 5.74) is -3.21. The van der Waals surface area contributed by atoms with E-state index in [0.717, 1.165) is 6.08 Å². The first-order valence-corrected chi connectivity index (χ1v) is 6.44. The van der Waals surface area contributed by atoms with Crippen LogP contribution in [0.3, 0.4) is 0 Å². The molecule has 0 atom stereocenters. The van der Waals surface area contributed by atoms with Gasteiger partial charge in [0.15, 0.2) is 0 Å². The number of hydrogen-bond acceptors (Lipinski definition) is 9. The van der Waals surface area contributed by atoms with Crippen molar-refractivity contribution in [3.8, 4) is 0 Å². The third kappa shape index (κ3) is 2.02. The van der Waals surface area contributed by atoms with Crippen LogP contribution in [0.25, 0.3) is 5.57 Å². The van der Waals surface area contributed by atoms with E-state index < -0.39 is 46.4 Å². The van der Waals surface area contributed by atoms with Crippen molar-refractivity contribution in [1.82, 2.24) is 4.98 Å². The molecule has 1 aromatic heterocycles. The fourth-order valence-corrected chi connectivity index (χ4v) is 2.67. The Morgan fingerprint density at radius 1 is 0.958 bits per heavy atom. The number of carboxylic acids is 3. The smallest absolute Gasteiger partial charge is 0.252 e. The van der Waals surface area contributed by atoms with Crippen LogP contribution in [0.4, 0.5) is 0 Å². The van der Waals surface area contributed by atoms with Gasteiger partial charge in [0.2, 0.25) is 5.78 Å². The van der Waals surface area contributed by atoms with E-state index in [1.807, 2.05) is 0 Å². The number of hydrogen-bond donors (Lipinski definition) is 0. The third-order valence-electron chi connectivity index (χ3n) is 3.69. The van der Waals surface area contributed by atoms with E-state index >= 15 is 0 Å². The minimum Gasteiger partial charge on any atom is -0.545 e. The van der Waals surface area contributed by atoms with Gasteiger partial charge in [0.05, 0.1) is 23.6 Å². The Morgan fingerprint density at radius 2 is 1.62 bits per heavy atom. The van der Waals surface area contributed by atoms with Crippen LogP contribution in [-0.4, -0.2) is 34.5 Å². The molecule has 0 amide bonds. The topological polar surface area (TPSA) is 167 Å². The molecule has 0 aliphatic heterocycles. The van der Waals surface area contributed by atoms with Gasteiger partial charge in [0.25, 0.3) is 5.78 Å². The summed E-state index contributed by atoms with van der Waals surface area (Å²) >= 11 is 0. The zero-order valence-corrected chi connectivity index (χ0v) is 11.6. The molecule has 120 valence electrons. The lowest BCUT2D eigenvalue weighted by molar-refractivity contribution is -0.299. The summed E-state index contributed by atoms with van der Waals surface area (Å²) in [4.78, 5) is 60.9. The van der Waals surface area contributed by atoms with Gasteiger partial charge < -0.3 is 29.7 Å². The highest BCUT2D eigenvalue weighted by molar-refractivity contribution is 6.53. The monoisotopic (exact) mass is 326 g/mol. The molecule has 0 spiro atoms. The van der Waals surface area contributed by atoms with Gasteiger partial charge in [0, 0.05) is 23.1 Å². The lowest BCUT2D eigenvalue weighted by Gasteiger charge is -2.21. The molecule has 9 heteroatoms. The Labute approximate surface area is 132 Å². The average Bonchev–Trinajstić information content (AvgIpc) is 2.96. The molecule has 2 aliphatic carbocycles. The summed E-state index contributed by atoms with van der Waals surface area (Å²) in [6.45, 7) is 0. The Hall–Kier alpha value is -3.62. The van der Waals surface area contributed by atoms with Crippen LogP contribution >= 0.6 is 0 Å². The summed E-state index contributed by atoms with van der Waals surface area (Å²) in [5, 5.41) is 33.2. The van der Waals surface area contributed by atoms with Crippen molar-refractivity contribution in [1.29, 1.82) is 0 Å². The quantitative estimate of drug-likeness (QED) is 0.509. The van der Waals surface area contributed by atoms with Crippen molar-refractivity contribution in [2.45, 2.75) is 6.42 Å². The molecule has 0 saturated carbocycles. The number of fused-ring (bicyclic) bond motifs is 2. The van der Waals surface area contributed by atoms with Gasteiger partial charge in [-0.05, 0) is 23.3 Å². The van der Waals surface area contributed by atoms with Gasteiger partial charge >= 0.3 is 0 Å². The van der Waals surface area contributed by atoms with Crippen LogP contribution < -0.4 is 15.3 Å². The molecule has 0 fully saturated rings. The fraction of sp³-hybridized carbons (Fsp3) is 0.0667. The van der Waals surface area contributed by atoms with Gasteiger partial charge in [-0.15, -0.1) is 0 Å². The number of Topliss-reactive ketones (excluding diaryl/α,β-unsaturated/α-hetero) is 2. The largest absolute Gasteiger partial charge is 0.545 e. The first-order chi connectivity index (χ1) is 11.2. The van der Waals surface area contributed by atoms with E-state index in [1.165, 1.54) is 0 Å². The van der Waals surface area contributed by atoms with Crippen molar-refractivity contribution < 1.29 is 39.3 Å². The van der Waals surface area contributed by atoms with Gasteiger partial charge in [-0.2, -0.15) is 0 Å². The van der Waals surface area contributed by atoms with Gasteiger partial charge in [0.1, 0.15) is 5.69 Å². The Kier molecular flexibility index (Phi) is 3.15. The standard InChI is InChI=1S/C15H7NO8/c17-11-6-2-4(13(19)20)1-5(6)9-7(14(21)22)3-8(15(23)24)16-10(9)12(11)18/h2-3H,1H2,(H,19,20)(H,21,22)(H,23,24)/p-3. The summed E-state index contributed by atoms with van der Waals surface area (Å²) in [5.74, 6) is -7.60. The van der Waals surface area contributed by atoms with Crippen LogP contribution in [0.1, 0.15) is 43.3 Å². The Morgan fingerprint density at radius 3 is 2.17 bits per heavy atom. The van der Waals surface area contributed by atoms with Crippen molar-refractivity contribution in [3.05, 3.63) is 45.8 Å². The average molecular weight is 326 g/mol. The Balaban J connectivity index is 2.33. The van der Waals surface area contributed by atoms with Gasteiger partial charge in [-0.1, -0.05) is 0 Å². The molecular weight excluding hydrogens is 322 g/mol. The van der Waals surface area contributed by atoms with E-state index in [9.17, 15) is 39.3 Å². The number of allylic oxidation sites excluding steroid dienone is 3. The molecule has 0 bridgehead atoms. The first-order valence-electron chi connectivity index (χ1n) is 6.44. The third-order valence-corrected chi connectivity index (χ3v) is 3.69. The van der Waals surface area contributed by atoms with Crippen LogP contribution in [-0.2, 0) is 9.59 Å². The Bertz CT molecular complexity index is 950. The zero-order valence-electron chi connectivity index (χ0n) is 11.6. The molecule has 0 aromatic carbocycles. The van der Waals surface area contributed by atoms with Gasteiger partial charge in [-0.3, -0.25) is 9.59 Å². The SMILES string of the molecule is O=C([O-])C1=CC2=C(C1)c1c(C(=O)[O-])cc(C(=O)[O-])nc1C(=O)C2=O. The number of carboxylic acid groups (broad SMARTS) is 3. The number of carbonyl (C=O) groups excluding carboxylic acids is 5. The van der Waals surface area contributed by atoms with E-state index in [1.54, 1.807) is 0 Å². The van der Waals surface area contributed by atoms with Gasteiger partial charge in [-0.25, -0.2) is 4.98 Å². The van der Waals surface area contributed by atoms with Crippen LogP contribution in [0.15, 0.2) is 23.3 Å². The second-order valence-electron chi connectivity index (χ2n) is 5.04. The number of ketones is 2. The second-order valence-corrected chi connectivity index (χ2v) is 5.04. The lowest BCUT2D eigenvalue weighted by Crippen LogP contribution is -2.32. The summed E-state index contributed by atoms with van der Waals surface area (Å²) in [6.07, 6.45) is 0.565. The van der Waals surface area contributed by atoms with Crippen LogP contribution in [0.2, 0.25) is 0 Å². The highest BCUT2D eigenvalue weighted by Gasteiger charge is 2.38. The molecule has 0 radical (unpaired) electrons. The molecule has 1 heterocycles. The highest BCUT2D eigenvalue weighted by atomic mass is 16.4. The predicted octanol–water partition coefficient (Wildman–Crippen LogP) is -3.59. The summed E-state index contributed by atoms with van der Waals surface area (Å²) < 4.78 is 0. The number of aliphatic carboxylic acids is 1. The lowest BCUT2D eigenvalue weighted by atomic mass is 9.85.